The minimum atomic E-state index is -0.125. The Morgan fingerprint density at radius 1 is 1.39 bits per heavy atom. The second-order valence-electron chi connectivity index (χ2n) is 4.11. The van der Waals surface area contributed by atoms with Crippen LogP contribution in [-0.4, -0.2) is 20.9 Å². The Kier molecular flexibility index (Phi) is 2.44. The number of hydrogen-bond donors (Lipinski definition) is 2. The molecule has 0 atom stereocenters. The van der Waals surface area contributed by atoms with E-state index < -0.39 is 0 Å². The van der Waals surface area contributed by atoms with Crippen molar-refractivity contribution in [2.75, 3.05) is 5.32 Å². The molecule has 18 heavy (non-hydrogen) atoms. The highest BCUT2D eigenvalue weighted by molar-refractivity contribution is 6.34. The van der Waals surface area contributed by atoms with Gasteiger partial charge in [0, 0.05) is 11.8 Å². The summed E-state index contributed by atoms with van der Waals surface area (Å²) in [6.45, 7) is 2.06. The van der Waals surface area contributed by atoms with E-state index >= 15 is 0 Å². The molecule has 1 aliphatic rings. The molecule has 5 nitrogen and oxygen atoms in total. The molecule has 0 unspecified atom stereocenters. The Balaban J connectivity index is 2.10. The zero-order chi connectivity index (χ0) is 12.5. The maximum Gasteiger partial charge on any atom is 0.257 e. The van der Waals surface area contributed by atoms with Crippen LogP contribution < -0.4 is 5.32 Å². The van der Waals surface area contributed by atoms with Crippen molar-refractivity contribution in [2.24, 2.45) is 0 Å². The minimum absolute atomic E-state index is 0.125. The van der Waals surface area contributed by atoms with Crippen molar-refractivity contribution < 1.29 is 4.79 Å². The van der Waals surface area contributed by atoms with Crippen molar-refractivity contribution in [3.8, 4) is 0 Å². The Bertz CT molecular complexity index is 628. The van der Waals surface area contributed by atoms with Gasteiger partial charge in [-0.3, -0.25) is 4.79 Å². The molecule has 3 rings (SSSR count). The summed E-state index contributed by atoms with van der Waals surface area (Å²) in [4.78, 5) is 23.1. The molecule has 1 aliphatic heterocycles. The largest absolute Gasteiger partial charge is 0.345 e. The molecule has 2 aromatic heterocycles. The summed E-state index contributed by atoms with van der Waals surface area (Å²) in [6, 6.07) is 2.00. The zero-order valence-electron chi connectivity index (χ0n) is 9.90. The number of aryl methyl sites for hydroxylation is 1. The summed E-state index contributed by atoms with van der Waals surface area (Å²) in [5.41, 5.74) is 3.39. The number of carbonyl (C=O) groups is 1. The third kappa shape index (κ3) is 1.69. The summed E-state index contributed by atoms with van der Waals surface area (Å²) >= 11 is 0. The van der Waals surface area contributed by atoms with Crippen molar-refractivity contribution in [2.45, 2.75) is 13.3 Å². The van der Waals surface area contributed by atoms with Gasteiger partial charge < -0.3 is 10.3 Å². The highest BCUT2D eigenvalue weighted by atomic mass is 16.2. The van der Waals surface area contributed by atoms with Gasteiger partial charge in [-0.15, -0.1) is 0 Å². The van der Waals surface area contributed by atoms with Gasteiger partial charge in [0.05, 0.1) is 23.8 Å². The standard InChI is InChI=1S/C13H12N4O/c1-2-8-3-10-11(4-9-6-14-7-16-9)13(18)17-12(10)15-5-8/h3-7H,2H2,1H3,(H,14,16)(H,15,17,18)/b11-4+. The fourth-order valence-corrected chi connectivity index (χ4v) is 1.95. The molecule has 5 heteroatoms. The number of nitrogens with zero attached hydrogens (tertiary/aromatic N) is 2. The third-order valence-electron chi connectivity index (χ3n) is 2.94. The Morgan fingerprint density at radius 2 is 2.28 bits per heavy atom. The molecule has 3 heterocycles. The van der Waals surface area contributed by atoms with Crippen LogP contribution in [0.1, 0.15) is 23.7 Å². The molecule has 0 spiro atoms. The lowest BCUT2D eigenvalue weighted by molar-refractivity contribution is -0.110. The second kappa shape index (κ2) is 4.10. The SMILES string of the molecule is CCc1cnc2c(c1)/C(=C\c1cnc[nH]1)C(=O)N2. The first-order valence-corrected chi connectivity index (χ1v) is 5.78. The normalized spacial score (nSPS) is 15.8. The fourth-order valence-electron chi connectivity index (χ4n) is 1.95. The number of H-pyrrole nitrogens is 1. The molecule has 1 amide bonds. The predicted molar refractivity (Wildman–Crippen MR) is 68.7 cm³/mol. The number of imidazole rings is 1. The number of carbonyl (C=O) groups excluding carboxylic acids is 1. The van der Waals surface area contributed by atoms with E-state index in [1.54, 1.807) is 24.8 Å². The molecule has 0 fully saturated rings. The van der Waals surface area contributed by atoms with E-state index in [1.165, 1.54) is 0 Å². The molecule has 0 saturated heterocycles. The summed E-state index contributed by atoms with van der Waals surface area (Å²) in [5.74, 6) is 0.503. The average Bonchev–Trinajstić information content (AvgIpc) is 2.99. The fraction of sp³-hybridized carbons (Fsp3) is 0.154. The smallest absolute Gasteiger partial charge is 0.257 e. The number of nitrogens with one attached hydrogen (secondary N) is 2. The van der Waals surface area contributed by atoms with E-state index in [9.17, 15) is 4.79 Å². The lowest BCUT2D eigenvalue weighted by Gasteiger charge is -2.00. The van der Waals surface area contributed by atoms with Gasteiger partial charge in [-0.2, -0.15) is 0 Å². The summed E-state index contributed by atoms with van der Waals surface area (Å²) in [6.07, 6.45) is 7.73. The van der Waals surface area contributed by atoms with E-state index in [-0.39, 0.29) is 5.91 Å². The number of fused-ring (bicyclic) bond motifs is 1. The van der Waals surface area contributed by atoms with Crippen LogP contribution in [0.25, 0.3) is 11.6 Å². The first-order chi connectivity index (χ1) is 8.78. The highest BCUT2D eigenvalue weighted by Gasteiger charge is 2.25. The van der Waals surface area contributed by atoms with Crippen molar-refractivity contribution in [1.29, 1.82) is 0 Å². The molecular weight excluding hydrogens is 228 g/mol. The molecule has 0 aromatic carbocycles. The molecule has 2 N–H and O–H groups in total. The van der Waals surface area contributed by atoms with Crippen LogP contribution in [0.2, 0.25) is 0 Å². The minimum Gasteiger partial charge on any atom is -0.345 e. The maximum absolute atomic E-state index is 11.9. The summed E-state index contributed by atoms with van der Waals surface area (Å²) in [5, 5.41) is 2.76. The van der Waals surface area contributed by atoms with Gasteiger partial charge in [-0.1, -0.05) is 6.92 Å². The maximum atomic E-state index is 11.9. The molecule has 0 aliphatic carbocycles. The number of aromatic nitrogens is 3. The predicted octanol–water partition coefficient (Wildman–Crippen LogP) is 1.86. The number of hydrogen-bond acceptors (Lipinski definition) is 3. The molecule has 2 aromatic rings. The van der Waals surface area contributed by atoms with Crippen molar-refractivity contribution in [1.82, 2.24) is 15.0 Å². The van der Waals surface area contributed by atoms with E-state index in [0.717, 1.165) is 23.2 Å². The number of pyridine rings is 1. The lowest BCUT2D eigenvalue weighted by Crippen LogP contribution is -2.04. The van der Waals surface area contributed by atoms with Crippen LogP contribution in [-0.2, 0) is 11.2 Å². The van der Waals surface area contributed by atoms with E-state index in [1.807, 2.05) is 6.07 Å². The Labute approximate surface area is 104 Å². The summed E-state index contributed by atoms with van der Waals surface area (Å²) in [7, 11) is 0. The number of amides is 1. The van der Waals surface area contributed by atoms with Gasteiger partial charge in [0.15, 0.2) is 0 Å². The third-order valence-corrected chi connectivity index (χ3v) is 2.94. The highest BCUT2D eigenvalue weighted by Crippen LogP contribution is 2.31. The number of rotatable bonds is 2. The first-order valence-electron chi connectivity index (χ1n) is 5.78. The van der Waals surface area contributed by atoms with Gasteiger partial charge >= 0.3 is 0 Å². The van der Waals surface area contributed by atoms with E-state index in [2.05, 4.69) is 27.2 Å². The molecule has 0 saturated carbocycles. The molecule has 0 bridgehead atoms. The van der Waals surface area contributed by atoms with Crippen LogP contribution >= 0.6 is 0 Å². The van der Waals surface area contributed by atoms with Crippen molar-refractivity contribution in [3.63, 3.8) is 0 Å². The van der Waals surface area contributed by atoms with Crippen molar-refractivity contribution >= 4 is 23.4 Å². The molecular formula is C13H12N4O. The topological polar surface area (TPSA) is 70.7 Å². The van der Waals surface area contributed by atoms with Crippen LogP contribution in [0.4, 0.5) is 5.82 Å². The van der Waals surface area contributed by atoms with Crippen LogP contribution in [0.15, 0.2) is 24.8 Å². The summed E-state index contributed by atoms with van der Waals surface area (Å²) < 4.78 is 0. The number of anilines is 1. The average molecular weight is 240 g/mol. The molecule has 0 radical (unpaired) electrons. The zero-order valence-corrected chi connectivity index (χ0v) is 9.90. The van der Waals surface area contributed by atoms with Gasteiger partial charge in [0.2, 0.25) is 0 Å². The monoisotopic (exact) mass is 240 g/mol. The van der Waals surface area contributed by atoms with Crippen LogP contribution in [0, 0.1) is 0 Å². The quantitative estimate of drug-likeness (QED) is 0.787. The number of aromatic amines is 1. The van der Waals surface area contributed by atoms with Crippen LogP contribution in [0.5, 0.6) is 0 Å². The molecule has 90 valence electrons. The van der Waals surface area contributed by atoms with E-state index in [4.69, 9.17) is 0 Å². The van der Waals surface area contributed by atoms with Gasteiger partial charge in [-0.25, -0.2) is 9.97 Å². The van der Waals surface area contributed by atoms with Gasteiger partial charge in [0.1, 0.15) is 5.82 Å². The van der Waals surface area contributed by atoms with Gasteiger partial charge in [0.25, 0.3) is 5.91 Å². The van der Waals surface area contributed by atoms with Crippen molar-refractivity contribution in [3.05, 3.63) is 41.6 Å². The second-order valence-corrected chi connectivity index (χ2v) is 4.11. The lowest BCUT2D eigenvalue weighted by atomic mass is 10.1. The first kappa shape index (κ1) is 10.7. The Morgan fingerprint density at radius 3 is 3.00 bits per heavy atom. The van der Waals surface area contributed by atoms with Gasteiger partial charge in [-0.05, 0) is 24.1 Å². The Hall–Kier alpha value is -2.43. The van der Waals surface area contributed by atoms with E-state index in [0.29, 0.717) is 11.4 Å². The van der Waals surface area contributed by atoms with Crippen LogP contribution in [0.3, 0.4) is 0 Å².